The van der Waals surface area contributed by atoms with Crippen LogP contribution in [0.5, 0.6) is 0 Å². The van der Waals surface area contributed by atoms with Crippen LogP contribution in [0.25, 0.3) is 0 Å². The van der Waals surface area contributed by atoms with E-state index in [2.05, 4.69) is 34.0 Å². The molecule has 1 aliphatic rings. The van der Waals surface area contributed by atoms with Gasteiger partial charge in [0.15, 0.2) is 0 Å². The number of morpholine rings is 1. The third-order valence-electron chi connectivity index (χ3n) is 4.15. The van der Waals surface area contributed by atoms with E-state index in [0.717, 1.165) is 24.6 Å². The maximum atomic E-state index is 12.2. The molecule has 0 radical (unpaired) electrons. The fraction of sp³-hybridized carbons (Fsp3) is 0.421. The molecule has 0 bridgehead atoms. The van der Waals surface area contributed by atoms with Crippen LogP contribution in [0, 0.1) is 0 Å². The molecule has 0 aromatic carbocycles. The van der Waals surface area contributed by atoms with E-state index in [9.17, 15) is 4.79 Å². The molecule has 0 saturated carbocycles. The van der Waals surface area contributed by atoms with Crippen LogP contribution >= 0.6 is 0 Å². The normalized spacial score (nSPS) is 20.3. The number of carbonyl (C=O) groups excluding carboxylic acids is 1. The Balaban J connectivity index is 1.53. The lowest BCUT2D eigenvalue weighted by Gasteiger charge is -2.36. The molecule has 25 heavy (non-hydrogen) atoms. The summed E-state index contributed by atoms with van der Waals surface area (Å²) in [4.78, 5) is 23.1. The van der Waals surface area contributed by atoms with E-state index in [0.29, 0.717) is 18.5 Å². The van der Waals surface area contributed by atoms with Crippen molar-refractivity contribution in [2.24, 2.45) is 0 Å². The number of amides is 1. The fourth-order valence-electron chi connectivity index (χ4n) is 3.02. The lowest BCUT2D eigenvalue weighted by atomic mass is 10.2. The zero-order chi connectivity index (χ0) is 17.6. The van der Waals surface area contributed by atoms with Crippen molar-refractivity contribution < 1.29 is 9.53 Å². The number of pyridine rings is 2. The Morgan fingerprint density at radius 2 is 2.00 bits per heavy atom. The lowest BCUT2D eigenvalue weighted by molar-refractivity contribution is -0.00546. The minimum Gasteiger partial charge on any atom is -0.372 e. The summed E-state index contributed by atoms with van der Waals surface area (Å²) in [7, 11) is 0. The molecule has 2 atom stereocenters. The Morgan fingerprint density at radius 3 is 2.64 bits per heavy atom. The van der Waals surface area contributed by atoms with Gasteiger partial charge in [0, 0.05) is 44.1 Å². The van der Waals surface area contributed by atoms with Gasteiger partial charge in [-0.25, -0.2) is 4.98 Å². The largest absolute Gasteiger partial charge is 0.372 e. The molecular weight excluding hydrogens is 316 g/mol. The summed E-state index contributed by atoms with van der Waals surface area (Å²) in [6.07, 6.45) is 4.46. The summed E-state index contributed by atoms with van der Waals surface area (Å²) in [6, 6.07) is 9.50. The second kappa shape index (κ2) is 8.07. The van der Waals surface area contributed by atoms with E-state index in [1.54, 1.807) is 12.4 Å². The molecule has 1 N–H and O–H groups in total. The van der Waals surface area contributed by atoms with Crippen LogP contribution in [0.3, 0.4) is 0 Å². The van der Waals surface area contributed by atoms with Crippen molar-refractivity contribution in [3.63, 3.8) is 0 Å². The number of aromatic nitrogens is 2. The van der Waals surface area contributed by atoms with Crippen LogP contribution in [0.1, 0.15) is 29.9 Å². The molecule has 2 aromatic heterocycles. The Morgan fingerprint density at radius 1 is 1.20 bits per heavy atom. The van der Waals surface area contributed by atoms with Crippen LogP contribution in [0.4, 0.5) is 5.82 Å². The van der Waals surface area contributed by atoms with Gasteiger partial charge in [0.1, 0.15) is 5.82 Å². The minimum atomic E-state index is -0.112. The van der Waals surface area contributed by atoms with Gasteiger partial charge in [-0.3, -0.25) is 9.78 Å². The molecule has 1 saturated heterocycles. The van der Waals surface area contributed by atoms with Gasteiger partial charge in [0.25, 0.3) is 5.91 Å². The highest BCUT2D eigenvalue weighted by molar-refractivity contribution is 5.94. The summed E-state index contributed by atoms with van der Waals surface area (Å²) in [5.74, 6) is 0.769. The second-order valence-electron chi connectivity index (χ2n) is 6.39. The molecule has 1 fully saturated rings. The highest BCUT2D eigenvalue weighted by atomic mass is 16.5. The fourth-order valence-corrected chi connectivity index (χ4v) is 3.02. The van der Waals surface area contributed by atoms with Gasteiger partial charge < -0.3 is 15.0 Å². The van der Waals surface area contributed by atoms with Crippen LogP contribution in [0.15, 0.2) is 42.7 Å². The van der Waals surface area contributed by atoms with Crippen LogP contribution in [-0.4, -0.2) is 47.7 Å². The summed E-state index contributed by atoms with van der Waals surface area (Å²) >= 11 is 0. The Kier molecular flexibility index (Phi) is 5.60. The number of hydrogen-bond acceptors (Lipinski definition) is 5. The Bertz CT molecular complexity index is 680. The number of nitrogens with one attached hydrogen (secondary N) is 1. The van der Waals surface area contributed by atoms with Gasteiger partial charge in [-0.15, -0.1) is 0 Å². The van der Waals surface area contributed by atoms with Crippen molar-refractivity contribution in [1.82, 2.24) is 15.3 Å². The number of ether oxygens (including phenoxy) is 1. The van der Waals surface area contributed by atoms with Gasteiger partial charge in [0.2, 0.25) is 0 Å². The van der Waals surface area contributed by atoms with Crippen LogP contribution < -0.4 is 10.2 Å². The van der Waals surface area contributed by atoms with Gasteiger partial charge in [-0.1, -0.05) is 6.07 Å². The third kappa shape index (κ3) is 4.76. The first-order valence-electron chi connectivity index (χ1n) is 8.66. The molecule has 1 aliphatic heterocycles. The van der Waals surface area contributed by atoms with Gasteiger partial charge in [0.05, 0.1) is 17.8 Å². The van der Waals surface area contributed by atoms with E-state index in [4.69, 9.17) is 4.74 Å². The van der Waals surface area contributed by atoms with Crippen molar-refractivity contribution in [2.45, 2.75) is 32.5 Å². The SMILES string of the molecule is CC1CN(c2ccc(C(=O)NCCc3ccccn3)cn2)CC(C)O1. The monoisotopic (exact) mass is 340 g/mol. The first kappa shape index (κ1) is 17.4. The van der Waals surface area contributed by atoms with Gasteiger partial charge in [-0.2, -0.15) is 0 Å². The van der Waals surface area contributed by atoms with Crippen molar-refractivity contribution >= 4 is 11.7 Å². The molecule has 3 rings (SSSR count). The number of anilines is 1. The lowest BCUT2D eigenvalue weighted by Crippen LogP contribution is -2.45. The first-order valence-corrected chi connectivity index (χ1v) is 8.66. The smallest absolute Gasteiger partial charge is 0.252 e. The standard InChI is InChI=1S/C19H24N4O2/c1-14-12-23(13-15(2)25-14)18-7-6-16(11-22-18)19(24)21-10-8-17-5-3-4-9-20-17/h3-7,9,11,14-15H,8,10,12-13H2,1-2H3,(H,21,24). The Hall–Kier alpha value is -2.47. The van der Waals surface area contributed by atoms with Crippen LogP contribution in [0.2, 0.25) is 0 Å². The van der Waals surface area contributed by atoms with Crippen molar-refractivity contribution in [1.29, 1.82) is 0 Å². The number of carbonyl (C=O) groups is 1. The molecule has 1 amide bonds. The molecule has 6 nitrogen and oxygen atoms in total. The zero-order valence-corrected chi connectivity index (χ0v) is 14.7. The zero-order valence-electron chi connectivity index (χ0n) is 14.7. The average Bonchev–Trinajstić information content (AvgIpc) is 2.62. The highest BCUT2D eigenvalue weighted by Crippen LogP contribution is 2.18. The molecule has 0 spiro atoms. The van der Waals surface area contributed by atoms with Crippen molar-refractivity contribution in [3.8, 4) is 0 Å². The van der Waals surface area contributed by atoms with Crippen LogP contribution in [-0.2, 0) is 11.2 Å². The maximum Gasteiger partial charge on any atom is 0.252 e. The maximum absolute atomic E-state index is 12.2. The molecule has 0 aliphatic carbocycles. The minimum absolute atomic E-state index is 0.112. The van der Waals surface area contributed by atoms with E-state index in [1.165, 1.54) is 0 Å². The molecule has 132 valence electrons. The number of rotatable bonds is 5. The van der Waals surface area contributed by atoms with Gasteiger partial charge in [-0.05, 0) is 38.1 Å². The van der Waals surface area contributed by atoms with Crippen molar-refractivity contribution in [2.75, 3.05) is 24.5 Å². The summed E-state index contributed by atoms with van der Waals surface area (Å²) < 4.78 is 5.74. The van der Waals surface area contributed by atoms with Gasteiger partial charge >= 0.3 is 0 Å². The van der Waals surface area contributed by atoms with E-state index in [1.807, 2.05) is 30.3 Å². The topological polar surface area (TPSA) is 67.4 Å². The number of nitrogens with zero attached hydrogens (tertiary/aromatic N) is 3. The first-order chi connectivity index (χ1) is 12.1. The molecular formula is C19H24N4O2. The highest BCUT2D eigenvalue weighted by Gasteiger charge is 2.23. The predicted molar refractivity (Wildman–Crippen MR) is 96.7 cm³/mol. The Labute approximate surface area is 148 Å². The molecule has 2 aromatic rings. The average molecular weight is 340 g/mol. The summed E-state index contributed by atoms with van der Waals surface area (Å²) in [5, 5.41) is 2.91. The van der Waals surface area contributed by atoms with Crippen molar-refractivity contribution in [3.05, 3.63) is 54.0 Å². The summed E-state index contributed by atoms with van der Waals surface area (Å²) in [6.45, 7) is 6.30. The second-order valence-corrected chi connectivity index (χ2v) is 6.39. The van der Waals surface area contributed by atoms with E-state index >= 15 is 0 Å². The quantitative estimate of drug-likeness (QED) is 0.902. The van der Waals surface area contributed by atoms with E-state index < -0.39 is 0 Å². The molecule has 6 heteroatoms. The van der Waals surface area contributed by atoms with E-state index in [-0.39, 0.29) is 18.1 Å². The number of hydrogen-bond donors (Lipinski definition) is 1. The molecule has 3 heterocycles. The molecule has 2 unspecified atom stereocenters. The summed E-state index contributed by atoms with van der Waals surface area (Å²) in [5.41, 5.74) is 1.53. The third-order valence-corrected chi connectivity index (χ3v) is 4.15. The predicted octanol–water partition coefficient (Wildman–Crippen LogP) is 2.06.